The van der Waals surface area contributed by atoms with Crippen LogP contribution in [0.5, 0.6) is 0 Å². The fourth-order valence-electron chi connectivity index (χ4n) is 1.74. The smallest absolute Gasteiger partial charge is 0.222 e. The van der Waals surface area contributed by atoms with Crippen LogP contribution in [0.2, 0.25) is 0 Å². The van der Waals surface area contributed by atoms with E-state index in [9.17, 15) is 0 Å². The maximum atomic E-state index is 5.75. The van der Waals surface area contributed by atoms with Gasteiger partial charge in [-0.05, 0) is 32.0 Å². The molecule has 0 saturated carbocycles. The molecule has 2 heterocycles. The van der Waals surface area contributed by atoms with Crippen LogP contribution < -0.4 is 10.6 Å². The van der Waals surface area contributed by atoms with Gasteiger partial charge in [-0.3, -0.25) is 0 Å². The Balaban J connectivity index is 1.58. The van der Waals surface area contributed by atoms with Crippen LogP contribution in [0.3, 0.4) is 0 Å². The molecule has 2 rings (SSSR count). The van der Waals surface area contributed by atoms with Gasteiger partial charge in [0.05, 0.1) is 12.7 Å². The molecule has 5 nitrogen and oxygen atoms in total. The van der Waals surface area contributed by atoms with E-state index in [-0.39, 0.29) is 0 Å². The zero-order valence-corrected chi connectivity index (χ0v) is 9.35. The summed E-state index contributed by atoms with van der Waals surface area (Å²) < 4.78 is 5.75. The number of aromatic nitrogens is 2. The number of nitrogens with one attached hydrogen (secondary N) is 2. The minimum absolute atomic E-state index is 0.416. The summed E-state index contributed by atoms with van der Waals surface area (Å²) in [7, 11) is 0. The molecule has 5 heteroatoms. The Hall–Kier alpha value is -1.20. The molecule has 1 aliphatic heterocycles. The molecule has 0 amide bonds. The molecule has 0 unspecified atom stereocenters. The van der Waals surface area contributed by atoms with Crippen molar-refractivity contribution in [1.29, 1.82) is 0 Å². The van der Waals surface area contributed by atoms with Gasteiger partial charge in [-0.15, -0.1) is 0 Å². The highest BCUT2D eigenvalue weighted by Gasteiger charge is 2.12. The average molecular weight is 222 g/mol. The van der Waals surface area contributed by atoms with Crippen molar-refractivity contribution in [1.82, 2.24) is 15.3 Å². The van der Waals surface area contributed by atoms with E-state index < -0.39 is 0 Å². The third-order valence-corrected chi connectivity index (χ3v) is 2.59. The van der Waals surface area contributed by atoms with Crippen molar-refractivity contribution in [2.24, 2.45) is 0 Å². The number of piperidine rings is 1. The summed E-state index contributed by atoms with van der Waals surface area (Å²) in [6.07, 6.45) is 6.09. The summed E-state index contributed by atoms with van der Waals surface area (Å²) in [4.78, 5) is 8.15. The fraction of sp³-hybridized carbons (Fsp3) is 0.636. The molecule has 1 aromatic heterocycles. The Morgan fingerprint density at radius 3 is 2.81 bits per heavy atom. The first-order valence-electron chi connectivity index (χ1n) is 5.78. The van der Waals surface area contributed by atoms with Crippen LogP contribution in [0, 0.1) is 0 Å². The third-order valence-electron chi connectivity index (χ3n) is 2.59. The Labute approximate surface area is 95.6 Å². The van der Waals surface area contributed by atoms with Crippen molar-refractivity contribution in [3.63, 3.8) is 0 Å². The van der Waals surface area contributed by atoms with Crippen LogP contribution in [0.25, 0.3) is 0 Å². The molecule has 0 radical (unpaired) electrons. The van der Waals surface area contributed by atoms with Gasteiger partial charge in [-0.2, -0.15) is 0 Å². The summed E-state index contributed by atoms with van der Waals surface area (Å²) in [5.41, 5.74) is 0. The molecule has 1 saturated heterocycles. The molecule has 1 aromatic rings. The van der Waals surface area contributed by atoms with E-state index in [0.29, 0.717) is 18.7 Å². The largest absolute Gasteiger partial charge is 0.376 e. The van der Waals surface area contributed by atoms with Gasteiger partial charge in [0.15, 0.2) is 0 Å². The normalized spacial score (nSPS) is 17.2. The second kappa shape index (κ2) is 6.40. The first kappa shape index (κ1) is 11.3. The van der Waals surface area contributed by atoms with Crippen molar-refractivity contribution in [3.8, 4) is 0 Å². The Bertz CT molecular complexity index is 287. The van der Waals surface area contributed by atoms with Crippen LogP contribution in [0.1, 0.15) is 12.8 Å². The van der Waals surface area contributed by atoms with Crippen molar-refractivity contribution >= 4 is 5.95 Å². The zero-order valence-electron chi connectivity index (χ0n) is 9.35. The SMILES string of the molecule is c1cnc(NCCOC2CCNCC2)nc1. The molecule has 0 atom stereocenters. The van der Waals surface area contributed by atoms with Gasteiger partial charge >= 0.3 is 0 Å². The Kier molecular flexibility index (Phi) is 4.51. The lowest BCUT2D eigenvalue weighted by atomic mass is 10.1. The van der Waals surface area contributed by atoms with E-state index in [2.05, 4.69) is 20.6 Å². The van der Waals surface area contributed by atoms with E-state index in [1.54, 1.807) is 18.5 Å². The quantitative estimate of drug-likeness (QED) is 0.717. The van der Waals surface area contributed by atoms with Gasteiger partial charge < -0.3 is 15.4 Å². The predicted octanol–water partition coefficient (Wildman–Crippen LogP) is 0.657. The summed E-state index contributed by atoms with van der Waals surface area (Å²) in [6, 6.07) is 1.80. The molecule has 0 aliphatic carbocycles. The first-order valence-corrected chi connectivity index (χ1v) is 5.78. The number of nitrogens with zero attached hydrogens (tertiary/aromatic N) is 2. The highest BCUT2D eigenvalue weighted by Crippen LogP contribution is 2.06. The lowest BCUT2D eigenvalue weighted by Crippen LogP contribution is -2.33. The van der Waals surface area contributed by atoms with Crippen LogP contribution in [0.15, 0.2) is 18.5 Å². The van der Waals surface area contributed by atoms with Crippen molar-refractivity contribution in [3.05, 3.63) is 18.5 Å². The maximum Gasteiger partial charge on any atom is 0.222 e. The molecule has 0 aromatic carbocycles. The van der Waals surface area contributed by atoms with Crippen molar-refractivity contribution in [2.75, 3.05) is 31.6 Å². The number of hydrogen-bond acceptors (Lipinski definition) is 5. The minimum atomic E-state index is 0.416. The summed E-state index contributed by atoms with van der Waals surface area (Å²) in [6.45, 7) is 3.61. The minimum Gasteiger partial charge on any atom is -0.376 e. The standard InChI is InChI=1S/C11H18N4O/c1-4-13-11(14-5-1)15-8-9-16-10-2-6-12-7-3-10/h1,4-5,10,12H,2-3,6-9H2,(H,13,14,15). The van der Waals surface area contributed by atoms with Crippen LogP contribution >= 0.6 is 0 Å². The second-order valence-electron chi connectivity index (χ2n) is 3.82. The molecule has 1 fully saturated rings. The molecule has 1 aliphatic rings. The topological polar surface area (TPSA) is 59.1 Å². The van der Waals surface area contributed by atoms with E-state index in [4.69, 9.17) is 4.74 Å². The van der Waals surface area contributed by atoms with E-state index in [1.165, 1.54) is 0 Å². The second-order valence-corrected chi connectivity index (χ2v) is 3.82. The van der Waals surface area contributed by atoms with Crippen molar-refractivity contribution in [2.45, 2.75) is 18.9 Å². The summed E-state index contributed by atoms with van der Waals surface area (Å²) in [5.74, 6) is 0.663. The van der Waals surface area contributed by atoms with Gasteiger partial charge in [-0.1, -0.05) is 0 Å². The van der Waals surface area contributed by atoms with Crippen LogP contribution in [-0.4, -0.2) is 42.3 Å². The molecule has 88 valence electrons. The molecule has 16 heavy (non-hydrogen) atoms. The van der Waals surface area contributed by atoms with Gasteiger partial charge in [0.2, 0.25) is 5.95 Å². The molecular formula is C11H18N4O. The fourth-order valence-corrected chi connectivity index (χ4v) is 1.74. The maximum absolute atomic E-state index is 5.75. The van der Waals surface area contributed by atoms with Gasteiger partial charge in [0, 0.05) is 18.9 Å². The number of hydrogen-bond donors (Lipinski definition) is 2. The van der Waals surface area contributed by atoms with Gasteiger partial charge in [0.1, 0.15) is 0 Å². The lowest BCUT2D eigenvalue weighted by molar-refractivity contribution is 0.0394. The van der Waals surface area contributed by atoms with Crippen molar-refractivity contribution < 1.29 is 4.74 Å². The number of anilines is 1. The first-order chi connectivity index (χ1) is 7.95. The van der Waals surface area contributed by atoms with E-state index in [0.717, 1.165) is 32.5 Å². The number of ether oxygens (including phenoxy) is 1. The zero-order chi connectivity index (χ0) is 11.1. The summed E-state index contributed by atoms with van der Waals surface area (Å²) >= 11 is 0. The highest BCUT2D eigenvalue weighted by molar-refractivity contribution is 5.21. The average Bonchev–Trinajstić information content (AvgIpc) is 2.37. The monoisotopic (exact) mass is 222 g/mol. The van der Waals surface area contributed by atoms with Crippen LogP contribution in [0.4, 0.5) is 5.95 Å². The molecule has 2 N–H and O–H groups in total. The Morgan fingerprint density at radius 1 is 1.31 bits per heavy atom. The molecule has 0 spiro atoms. The Morgan fingerprint density at radius 2 is 2.06 bits per heavy atom. The van der Waals surface area contributed by atoms with Gasteiger partial charge in [-0.25, -0.2) is 9.97 Å². The molecule has 0 bridgehead atoms. The molecular weight excluding hydrogens is 204 g/mol. The third kappa shape index (κ3) is 3.75. The predicted molar refractivity (Wildman–Crippen MR) is 62.4 cm³/mol. The highest BCUT2D eigenvalue weighted by atomic mass is 16.5. The number of rotatable bonds is 5. The van der Waals surface area contributed by atoms with Crippen LogP contribution in [-0.2, 0) is 4.74 Å². The van der Waals surface area contributed by atoms with E-state index >= 15 is 0 Å². The van der Waals surface area contributed by atoms with E-state index in [1.807, 2.05) is 0 Å². The lowest BCUT2D eigenvalue weighted by Gasteiger charge is -2.22. The van der Waals surface area contributed by atoms with Gasteiger partial charge in [0.25, 0.3) is 0 Å². The summed E-state index contributed by atoms with van der Waals surface area (Å²) in [5, 5.41) is 6.44.